The van der Waals surface area contributed by atoms with Crippen LogP contribution in [0.5, 0.6) is 11.5 Å². The number of rotatable bonds is 5. The van der Waals surface area contributed by atoms with Gasteiger partial charge in [-0.3, -0.25) is 19.2 Å². The van der Waals surface area contributed by atoms with Crippen LogP contribution in [0, 0.1) is 0 Å². The quantitative estimate of drug-likeness (QED) is 0.649. The molecule has 0 aromatic heterocycles. The minimum atomic E-state index is -0.665. The van der Waals surface area contributed by atoms with E-state index in [9.17, 15) is 19.2 Å². The Morgan fingerprint density at radius 2 is 1.36 bits per heavy atom. The third kappa shape index (κ3) is 5.35. The van der Waals surface area contributed by atoms with Crippen molar-refractivity contribution < 1.29 is 28.7 Å². The maximum atomic E-state index is 12.1. The number of carbonyl (C=O) groups excluding carboxylic acids is 4. The minimum absolute atomic E-state index is 0.0619. The van der Waals surface area contributed by atoms with Crippen molar-refractivity contribution in [2.24, 2.45) is 0 Å². The van der Waals surface area contributed by atoms with Gasteiger partial charge in [0.1, 0.15) is 11.5 Å². The molecule has 1 N–H and O–H groups in total. The highest BCUT2D eigenvalue weighted by atomic mass is 16.5. The number of hydrogen-bond acceptors (Lipinski definition) is 6. The van der Waals surface area contributed by atoms with Gasteiger partial charge in [-0.1, -0.05) is 0 Å². The first-order chi connectivity index (χ1) is 10.2. The Morgan fingerprint density at radius 1 is 0.909 bits per heavy atom. The van der Waals surface area contributed by atoms with Crippen molar-refractivity contribution in [2.75, 3.05) is 0 Å². The number of ether oxygens (including phenoxy) is 2. The number of amides is 1. The van der Waals surface area contributed by atoms with Crippen LogP contribution in [0.1, 0.15) is 38.1 Å². The Balaban J connectivity index is 3.10. The molecule has 0 spiro atoms. The van der Waals surface area contributed by atoms with Crippen LogP contribution in [0.4, 0.5) is 0 Å². The van der Waals surface area contributed by atoms with Crippen molar-refractivity contribution in [3.63, 3.8) is 0 Å². The van der Waals surface area contributed by atoms with E-state index in [0.717, 1.165) is 0 Å². The molecule has 7 heteroatoms. The van der Waals surface area contributed by atoms with Crippen LogP contribution >= 0.6 is 0 Å². The van der Waals surface area contributed by atoms with Gasteiger partial charge in [-0.25, -0.2) is 0 Å². The van der Waals surface area contributed by atoms with E-state index in [4.69, 9.17) is 9.47 Å². The second-order valence-electron chi connectivity index (χ2n) is 4.69. The molecule has 0 radical (unpaired) electrons. The molecule has 1 atom stereocenters. The second kappa shape index (κ2) is 7.35. The third-order valence-electron chi connectivity index (χ3n) is 2.62. The zero-order valence-corrected chi connectivity index (χ0v) is 12.8. The molecule has 0 saturated carbocycles. The lowest BCUT2D eigenvalue weighted by Crippen LogP contribution is -2.37. The summed E-state index contributed by atoms with van der Waals surface area (Å²) in [6, 6.07) is 3.28. The van der Waals surface area contributed by atoms with E-state index >= 15 is 0 Å². The Labute approximate surface area is 127 Å². The van der Waals surface area contributed by atoms with Crippen LogP contribution < -0.4 is 14.8 Å². The van der Waals surface area contributed by atoms with E-state index in [2.05, 4.69) is 5.32 Å². The number of hydrogen-bond donors (Lipinski definition) is 1. The van der Waals surface area contributed by atoms with Gasteiger partial charge in [-0.05, 0) is 26.0 Å². The average molecular weight is 307 g/mol. The van der Waals surface area contributed by atoms with Gasteiger partial charge in [0, 0.05) is 25.5 Å². The van der Waals surface area contributed by atoms with Crippen molar-refractivity contribution in [1.29, 1.82) is 0 Å². The number of carbonyl (C=O) groups is 4. The summed E-state index contributed by atoms with van der Waals surface area (Å²) in [4.78, 5) is 45.3. The van der Waals surface area contributed by atoms with E-state index in [0.29, 0.717) is 0 Å². The molecular weight excluding hydrogens is 290 g/mol. The molecule has 1 amide bonds. The minimum Gasteiger partial charge on any atom is -0.427 e. The number of nitrogens with one attached hydrogen (secondary N) is 1. The molecule has 0 aliphatic heterocycles. The summed E-state index contributed by atoms with van der Waals surface area (Å²) < 4.78 is 9.81. The SMILES string of the molecule is CC(=O)Oc1cc(OC(C)=O)cc(C(=O)NC(C)C(C)=O)c1. The summed E-state index contributed by atoms with van der Waals surface area (Å²) in [7, 11) is 0. The molecule has 7 nitrogen and oxygen atoms in total. The molecule has 0 aliphatic rings. The third-order valence-corrected chi connectivity index (χ3v) is 2.62. The van der Waals surface area contributed by atoms with Gasteiger partial charge in [0.25, 0.3) is 5.91 Å². The Morgan fingerprint density at radius 3 is 1.73 bits per heavy atom. The smallest absolute Gasteiger partial charge is 0.308 e. The maximum Gasteiger partial charge on any atom is 0.308 e. The summed E-state index contributed by atoms with van der Waals surface area (Å²) in [6.45, 7) is 5.31. The number of Topliss-reactive ketones (excluding diaryl/α,β-unsaturated/α-hetero) is 1. The first kappa shape index (κ1) is 17.4. The maximum absolute atomic E-state index is 12.1. The zero-order chi connectivity index (χ0) is 16.9. The summed E-state index contributed by atoms with van der Waals surface area (Å²) in [5.41, 5.74) is 0.100. The molecule has 0 fully saturated rings. The van der Waals surface area contributed by atoms with Crippen molar-refractivity contribution >= 4 is 23.6 Å². The van der Waals surface area contributed by atoms with Crippen LogP contribution in [0.15, 0.2) is 18.2 Å². The monoisotopic (exact) mass is 307 g/mol. The van der Waals surface area contributed by atoms with E-state index in [1.165, 1.54) is 39.0 Å². The average Bonchev–Trinajstić information content (AvgIpc) is 2.36. The highest BCUT2D eigenvalue weighted by Crippen LogP contribution is 2.23. The Hall–Kier alpha value is -2.70. The van der Waals surface area contributed by atoms with Crippen LogP contribution in [0.25, 0.3) is 0 Å². The molecule has 1 aromatic carbocycles. The zero-order valence-electron chi connectivity index (χ0n) is 12.8. The first-order valence-electron chi connectivity index (χ1n) is 6.52. The largest absolute Gasteiger partial charge is 0.427 e. The van der Waals surface area contributed by atoms with Gasteiger partial charge < -0.3 is 14.8 Å². The fraction of sp³-hybridized carbons (Fsp3) is 0.333. The standard InChI is InChI=1S/C15H17NO6/c1-8(9(2)17)16-15(20)12-5-13(21-10(3)18)7-14(6-12)22-11(4)19/h5-8H,1-4H3,(H,16,20). The molecular formula is C15H17NO6. The van der Waals surface area contributed by atoms with E-state index in [-0.39, 0.29) is 22.8 Å². The number of esters is 2. The van der Waals surface area contributed by atoms with E-state index in [1.807, 2.05) is 0 Å². The molecule has 0 aliphatic carbocycles. The molecule has 118 valence electrons. The summed E-state index contributed by atoms with van der Waals surface area (Å²) >= 11 is 0. The highest BCUT2D eigenvalue weighted by Gasteiger charge is 2.16. The van der Waals surface area contributed by atoms with Gasteiger partial charge in [-0.2, -0.15) is 0 Å². The number of ketones is 1. The van der Waals surface area contributed by atoms with E-state index < -0.39 is 23.9 Å². The summed E-state index contributed by atoms with van der Waals surface area (Å²) in [6.07, 6.45) is 0. The second-order valence-corrected chi connectivity index (χ2v) is 4.69. The van der Waals surface area contributed by atoms with Crippen LogP contribution in [-0.2, 0) is 14.4 Å². The molecule has 1 aromatic rings. The van der Waals surface area contributed by atoms with Crippen molar-refractivity contribution in [3.8, 4) is 11.5 Å². The number of benzene rings is 1. The highest BCUT2D eigenvalue weighted by molar-refractivity contribution is 5.98. The fourth-order valence-corrected chi connectivity index (χ4v) is 1.53. The molecule has 0 bridgehead atoms. The Bertz CT molecular complexity index is 588. The van der Waals surface area contributed by atoms with Crippen molar-refractivity contribution in [1.82, 2.24) is 5.32 Å². The van der Waals surface area contributed by atoms with Gasteiger partial charge in [0.2, 0.25) is 0 Å². The predicted molar refractivity (Wildman–Crippen MR) is 76.7 cm³/mol. The summed E-state index contributed by atoms with van der Waals surface area (Å²) in [5.74, 6) is -1.79. The lowest BCUT2D eigenvalue weighted by molar-refractivity contribution is -0.132. The molecule has 1 unspecified atom stereocenters. The van der Waals surface area contributed by atoms with E-state index in [1.54, 1.807) is 6.92 Å². The molecule has 0 saturated heterocycles. The van der Waals surface area contributed by atoms with Gasteiger partial charge in [0.05, 0.1) is 6.04 Å². The van der Waals surface area contributed by atoms with Crippen molar-refractivity contribution in [2.45, 2.75) is 33.7 Å². The van der Waals surface area contributed by atoms with Crippen LogP contribution in [0.2, 0.25) is 0 Å². The van der Waals surface area contributed by atoms with Gasteiger partial charge in [-0.15, -0.1) is 0 Å². The molecule has 1 rings (SSSR count). The topological polar surface area (TPSA) is 98.8 Å². The van der Waals surface area contributed by atoms with Crippen LogP contribution in [-0.4, -0.2) is 29.7 Å². The lowest BCUT2D eigenvalue weighted by Gasteiger charge is -2.12. The molecule has 0 heterocycles. The van der Waals surface area contributed by atoms with Gasteiger partial charge >= 0.3 is 11.9 Å². The van der Waals surface area contributed by atoms with Crippen LogP contribution in [0.3, 0.4) is 0 Å². The summed E-state index contributed by atoms with van der Waals surface area (Å²) in [5, 5.41) is 2.49. The fourth-order valence-electron chi connectivity index (χ4n) is 1.53. The molecule has 22 heavy (non-hydrogen) atoms. The lowest BCUT2D eigenvalue weighted by atomic mass is 10.1. The normalized spacial score (nSPS) is 11.3. The predicted octanol–water partition coefficient (Wildman–Crippen LogP) is 1.24. The van der Waals surface area contributed by atoms with Gasteiger partial charge in [0.15, 0.2) is 5.78 Å². The van der Waals surface area contributed by atoms with Crippen molar-refractivity contribution in [3.05, 3.63) is 23.8 Å². The first-order valence-corrected chi connectivity index (χ1v) is 6.52. The Kier molecular flexibility index (Phi) is 5.80.